The highest BCUT2D eigenvalue weighted by atomic mass is 32.2. The van der Waals surface area contributed by atoms with E-state index in [-0.39, 0.29) is 18.3 Å². The lowest BCUT2D eigenvalue weighted by Crippen LogP contribution is -2.32. The molecule has 0 bridgehead atoms. The van der Waals surface area contributed by atoms with E-state index in [1.54, 1.807) is 0 Å². The summed E-state index contributed by atoms with van der Waals surface area (Å²) in [6, 6.07) is 0. The molecule has 0 radical (unpaired) electrons. The van der Waals surface area contributed by atoms with Gasteiger partial charge in [-0.15, -0.1) is 10.2 Å². The lowest BCUT2D eigenvalue weighted by molar-refractivity contribution is -0.124. The summed E-state index contributed by atoms with van der Waals surface area (Å²) in [6.07, 6.45) is 0.450. The van der Waals surface area contributed by atoms with E-state index in [1.165, 1.54) is 23.1 Å². The minimum Gasteiger partial charge on any atom is -0.447 e. The molecular formula is C10H14N4O3S2. The molecule has 1 saturated heterocycles. The van der Waals surface area contributed by atoms with Crippen LogP contribution < -0.4 is 5.32 Å². The van der Waals surface area contributed by atoms with Gasteiger partial charge in [-0.2, -0.15) is 0 Å². The number of nitrogens with zero attached hydrogens (tertiary/aromatic N) is 3. The number of carbonyl (C=O) groups excluding carboxylic acids is 2. The van der Waals surface area contributed by atoms with E-state index in [2.05, 4.69) is 22.4 Å². The lowest BCUT2D eigenvalue weighted by Gasteiger charge is -2.08. The molecule has 1 N–H and O–H groups in total. The molecule has 1 aliphatic rings. The van der Waals surface area contributed by atoms with Crippen LogP contribution in [-0.2, 0) is 9.53 Å². The van der Waals surface area contributed by atoms with Crippen LogP contribution in [0.3, 0.4) is 0 Å². The van der Waals surface area contributed by atoms with Crippen molar-refractivity contribution in [1.29, 1.82) is 0 Å². The number of aromatic nitrogens is 2. The number of hydrogen-bond acceptors (Lipinski definition) is 8. The topological polar surface area (TPSA) is 84.4 Å². The van der Waals surface area contributed by atoms with Gasteiger partial charge in [-0.3, -0.25) is 4.79 Å². The molecule has 7 nitrogen and oxygen atoms in total. The Balaban J connectivity index is 1.80. The first-order chi connectivity index (χ1) is 9.20. The fourth-order valence-corrected chi connectivity index (χ4v) is 3.05. The first-order valence-electron chi connectivity index (χ1n) is 5.88. The van der Waals surface area contributed by atoms with E-state index < -0.39 is 6.09 Å². The third-order valence-electron chi connectivity index (χ3n) is 2.31. The van der Waals surface area contributed by atoms with Crippen LogP contribution in [0.1, 0.15) is 13.3 Å². The maximum absolute atomic E-state index is 11.8. The highest BCUT2D eigenvalue weighted by molar-refractivity contribution is 8.01. The summed E-state index contributed by atoms with van der Waals surface area (Å²) in [6.45, 7) is 3.52. The van der Waals surface area contributed by atoms with Crippen LogP contribution in [0.4, 0.5) is 9.93 Å². The molecule has 2 amide bonds. The minimum atomic E-state index is -0.562. The number of amides is 2. The van der Waals surface area contributed by atoms with Crippen molar-refractivity contribution in [1.82, 2.24) is 15.1 Å². The normalized spacial score (nSPS) is 14.6. The minimum absolute atomic E-state index is 0.164. The van der Waals surface area contributed by atoms with E-state index in [0.717, 1.165) is 23.0 Å². The second kappa shape index (κ2) is 6.71. The van der Waals surface area contributed by atoms with E-state index in [1.807, 2.05) is 0 Å². The largest absolute Gasteiger partial charge is 0.447 e. The van der Waals surface area contributed by atoms with Crippen LogP contribution in [0.5, 0.6) is 0 Å². The quantitative estimate of drug-likeness (QED) is 0.796. The van der Waals surface area contributed by atoms with Gasteiger partial charge in [0.15, 0.2) is 4.34 Å². The summed E-state index contributed by atoms with van der Waals surface area (Å²) < 4.78 is 5.42. The van der Waals surface area contributed by atoms with Crippen molar-refractivity contribution in [2.75, 3.05) is 30.8 Å². The highest BCUT2D eigenvalue weighted by Gasteiger charge is 2.28. The SMILES string of the molecule is CCCNc1nnc(SCC(=O)N2CCOC2=O)s1. The summed E-state index contributed by atoms with van der Waals surface area (Å²) in [4.78, 5) is 24.1. The molecule has 1 aliphatic heterocycles. The third-order valence-corrected chi connectivity index (χ3v) is 4.31. The van der Waals surface area contributed by atoms with Crippen molar-refractivity contribution in [3.8, 4) is 0 Å². The molecule has 1 fully saturated rings. The molecule has 0 atom stereocenters. The Hall–Kier alpha value is -1.35. The van der Waals surface area contributed by atoms with Gasteiger partial charge in [0.05, 0.1) is 12.3 Å². The molecule has 1 aromatic rings. The molecule has 9 heteroatoms. The predicted octanol–water partition coefficient (Wildman–Crippen LogP) is 1.43. The van der Waals surface area contributed by atoms with Crippen molar-refractivity contribution >= 4 is 40.2 Å². The molecular weight excluding hydrogens is 288 g/mol. The highest BCUT2D eigenvalue weighted by Crippen LogP contribution is 2.25. The van der Waals surface area contributed by atoms with Crippen LogP contribution in [0.25, 0.3) is 0 Å². The lowest BCUT2D eigenvalue weighted by atomic mass is 10.5. The molecule has 0 saturated carbocycles. The Morgan fingerprint density at radius 3 is 3.11 bits per heavy atom. The van der Waals surface area contributed by atoms with E-state index in [0.29, 0.717) is 10.9 Å². The van der Waals surface area contributed by atoms with Gasteiger partial charge in [0.1, 0.15) is 6.61 Å². The summed E-state index contributed by atoms with van der Waals surface area (Å²) in [5, 5.41) is 11.8. The number of anilines is 1. The molecule has 2 heterocycles. The Labute approximate surface area is 118 Å². The van der Waals surface area contributed by atoms with Crippen LogP contribution >= 0.6 is 23.1 Å². The standard InChI is InChI=1S/C10H14N4O3S2/c1-2-3-11-8-12-13-9(19-8)18-6-7(15)14-4-5-17-10(14)16/h2-6H2,1H3,(H,11,12). The van der Waals surface area contributed by atoms with Crippen LogP contribution in [0, 0.1) is 0 Å². The smallest absolute Gasteiger partial charge is 0.416 e. The number of thioether (sulfide) groups is 1. The van der Waals surface area contributed by atoms with Crippen LogP contribution in [0.15, 0.2) is 4.34 Å². The fourth-order valence-electron chi connectivity index (χ4n) is 1.39. The number of ether oxygens (including phenoxy) is 1. The molecule has 19 heavy (non-hydrogen) atoms. The number of carbonyl (C=O) groups is 2. The second-order valence-electron chi connectivity index (χ2n) is 3.75. The van der Waals surface area contributed by atoms with E-state index >= 15 is 0 Å². The predicted molar refractivity (Wildman–Crippen MR) is 72.5 cm³/mol. The first-order valence-corrected chi connectivity index (χ1v) is 7.68. The Morgan fingerprint density at radius 2 is 2.42 bits per heavy atom. The van der Waals surface area contributed by atoms with E-state index in [4.69, 9.17) is 4.74 Å². The zero-order chi connectivity index (χ0) is 13.7. The maximum atomic E-state index is 11.8. The average molecular weight is 302 g/mol. The van der Waals surface area contributed by atoms with Gasteiger partial charge in [0.25, 0.3) is 0 Å². The van der Waals surface area contributed by atoms with Crippen molar-refractivity contribution in [3.63, 3.8) is 0 Å². The number of rotatable bonds is 6. The van der Waals surface area contributed by atoms with Crippen molar-refractivity contribution < 1.29 is 14.3 Å². The molecule has 104 valence electrons. The third kappa shape index (κ3) is 3.80. The van der Waals surface area contributed by atoms with Crippen molar-refractivity contribution in [3.05, 3.63) is 0 Å². The van der Waals surface area contributed by atoms with Crippen molar-refractivity contribution in [2.45, 2.75) is 17.7 Å². The fraction of sp³-hybridized carbons (Fsp3) is 0.600. The van der Waals surface area contributed by atoms with Gasteiger partial charge in [-0.05, 0) is 6.42 Å². The van der Waals surface area contributed by atoms with Gasteiger partial charge in [-0.25, -0.2) is 9.69 Å². The summed E-state index contributed by atoms with van der Waals surface area (Å²) >= 11 is 2.68. The van der Waals surface area contributed by atoms with Gasteiger partial charge >= 0.3 is 6.09 Å². The molecule has 2 rings (SSSR count). The molecule has 0 spiro atoms. The average Bonchev–Trinajstić information content (AvgIpc) is 3.02. The second-order valence-corrected chi connectivity index (χ2v) is 5.95. The molecule has 0 aromatic carbocycles. The number of hydrogen-bond donors (Lipinski definition) is 1. The van der Waals surface area contributed by atoms with Gasteiger partial charge in [-0.1, -0.05) is 30.0 Å². The number of cyclic esters (lactones) is 1. The zero-order valence-electron chi connectivity index (χ0n) is 10.4. The number of nitrogens with one attached hydrogen (secondary N) is 1. The van der Waals surface area contributed by atoms with E-state index in [9.17, 15) is 9.59 Å². The maximum Gasteiger partial charge on any atom is 0.416 e. The van der Waals surface area contributed by atoms with Gasteiger partial charge < -0.3 is 10.1 Å². The summed E-state index contributed by atoms with van der Waals surface area (Å²) in [5.74, 6) is -0.0944. The van der Waals surface area contributed by atoms with Crippen LogP contribution in [0.2, 0.25) is 0 Å². The Morgan fingerprint density at radius 1 is 1.58 bits per heavy atom. The molecule has 0 aliphatic carbocycles. The van der Waals surface area contributed by atoms with Gasteiger partial charge in [0, 0.05) is 6.54 Å². The summed E-state index contributed by atoms with van der Waals surface area (Å²) in [7, 11) is 0. The van der Waals surface area contributed by atoms with Gasteiger partial charge in [0.2, 0.25) is 11.0 Å². The monoisotopic (exact) mass is 302 g/mol. The Bertz CT molecular complexity index is 465. The summed E-state index contributed by atoms with van der Waals surface area (Å²) in [5.41, 5.74) is 0. The molecule has 1 aromatic heterocycles. The molecule has 0 unspecified atom stereocenters. The first kappa shape index (κ1) is 14.1. The number of imide groups is 1. The Kier molecular flexibility index (Phi) is 4.97. The van der Waals surface area contributed by atoms with Crippen LogP contribution in [-0.4, -0.2) is 52.5 Å². The zero-order valence-corrected chi connectivity index (χ0v) is 12.1. The van der Waals surface area contributed by atoms with Crippen molar-refractivity contribution in [2.24, 2.45) is 0 Å².